The molecular weight excluding hydrogens is 174 g/mol. The number of piperidine rings is 1. The van der Waals surface area contributed by atoms with Gasteiger partial charge in [-0.2, -0.15) is 0 Å². The van der Waals surface area contributed by atoms with E-state index in [-0.39, 0.29) is 1.43 Å². The molecule has 1 aliphatic heterocycles. The lowest BCUT2D eigenvalue weighted by Gasteiger charge is -2.37. The van der Waals surface area contributed by atoms with Crippen molar-refractivity contribution in [2.24, 2.45) is 11.3 Å². The molecule has 1 saturated carbocycles. The fraction of sp³-hybridized carbons (Fsp3) is 1.00. The summed E-state index contributed by atoms with van der Waals surface area (Å²) in [7, 11) is 0. The molecule has 0 spiro atoms. The number of ether oxygens (including phenoxy) is 1. The van der Waals surface area contributed by atoms with E-state index in [1.54, 1.807) is 0 Å². The van der Waals surface area contributed by atoms with Crippen LogP contribution in [-0.4, -0.2) is 26.3 Å². The van der Waals surface area contributed by atoms with Crippen molar-refractivity contribution >= 4 is 0 Å². The molecule has 0 unspecified atom stereocenters. The van der Waals surface area contributed by atoms with Gasteiger partial charge < -0.3 is 10.1 Å². The quantitative estimate of drug-likeness (QED) is 0.734. The summed E-state index contributed by atoms with van der Waals surface area (Å²) in [4.78, 5) is 0. The van der Waals surface area contributed by atoms with Crippen LogP contribution in [0.4, 0.5) is 0 Å². The van der Waals surface area contributed by atoms with Crippen LogP contribution in [0.1, 0.15) is 40.5 Å². The van der Waals surface area contributed by atoms with Crippen LogP contribution >= 0.6 is 0 Å². The number of hydrogen-bond donors (Lipinski definition) is 1. The van der Waals surface area contributed by atoms with E-state index in [0.717, 1.165) is 19.1 Å². The Labute approximate surface area is 88.9 Å². The van der Waals surface area contributed by atoms with E-state index in [0.29, 0.717) is 5.41 Å². The summed E-state index contributed by atoms with van der Waals surface area (Å²) in [6, 6.07) is 0. The molecule has 1 saturated heterocycles. The highest BCUT2D eigenvalue weighted by atomic mass is 16.5. The van der Waals surface area contributed by atoms with Gasteiger partial charge in [0, 0.05) is 8.03 Å². The van der Waals surface area contributed by atoms with Crippen LogP contribution in [-0.2, 0) is 4.74 Å². The van der Waals surface area contributed by atoms with Gasteiger partial charge in [0.1, 0.15) is 0 Å². The SMILES string of the molecule is CCOCC1(CC2CC2)CCNCC1.[HH]. The zero-order valence-electron chi connectivity index (χ0n) is 9.35. The molecule has 84 valence electrons. The topological polar surface area (TPSA) is 21.3 Å². The predicted octanol–water partition coefficient (Wildman–Crippen LogP) is 2.44. The average molecular weight is 199 g/mol. The Morgan fingerprint density at radius 1 is 1.36 bits per heavy atom. The highest BCUT2D eigenvalue weighted by Gasteiger charge is 2.37. The van der Waals surface area contributed by atoms with Crippen LogP contribution in [0.5, 0.6) is 0 Å². The van der Waals surface area contributed by atoms with Crippen molar-refractivity contribution in [2.45, 2.75) is 39.0 Å². The molecule has 0 aromatic heterocycles. The molecular formula is C12H25NO. The van der Waals surface area contributed by atoms with Crippen molar-refractivity contribution < 1.29 is 6.16 Å². The Kier molecular flexibility index (Phi) is 3.45. The molecule has 0 bridgehead atoms. The maximum absolute atomic E-state index is 5.68. The molecule has 0 atom stereocenters. The molecule has 0 aromatic rings. The van der Waals surface area contributed by atoms with E-state index in [2.05, 4.69) is 12.2 Å². The van der Waals surface area contributed by atoms with Gasteiger partial charge >= 0.3 is 0 Å². The van der Waals surface area contributed by atoms with Crippen molar-refractivity contribution in [3.63, 3.8) is 0 Å². The highest BCUT2D eigenvalue weighted by Crippen LogP contribution is 2.44. The van der Waals surface area contributed by atoms with Crippen molar-refractivity contribution in [2.75, 3.05) is 26.3 Å². The van der Waals surface area contributed by atoms with Gasteiger partial charge in [0.25, 0.3) is 0 Å². The Hall–Kier alpha value is -0.0800. The molecule has 1 heterocycles. The Morgan fingerprint density at radius 3 is 2.64 bits per heavy atom. The van der Waals surface area contributed by atoms with Crippen LogP contribution in [0.2, 0.25) is 0 Å². The minimum atomic E-state index is 0. The summed E-state index contributed by atoms with van der Waals surface area (Å²) >= 11 is 0. The van der Waals surface area contributed by atoms with E-state index >= 15 is 0 Å². The fourth-order valence-electron chi connectivity index (χ4n) is 2.62. The molecule has 2 heteroatoms. The third-order valence-electron chi connectivity index (χ3n) is 3.70. The maximum Gasteiger partial charge on any atom is 0.0523 e. The number of nitrogens with one attached hydrogen (secondary N) is 1. The van der Waals surface area contributed by atoms with Gasteiger partial charge in [-0.05, 0) is 50.6 Å². The molecule has 2 fully saturated rings. The molecule has 1 aliphatic carbocycles. The molecule has 0 radical (unpaired) electrons. The third kappa shape index (κ3) is 2.71. The first-order valence-electron chi connectivity index (χ1n) is 6.13. The van der Waals surface area contributed by atoms with Gasteiger partial charge in [0.15, 0.2) is 0 Å². The normalized spacial score (nSPS) is 26.4. The van der Waals surface area contributed by atoms with Gasteiger partial charge in [0.05, 0.1) is 6.61 Å². The summed E-state index contributed by atoms with van der Waals surface area (Å²) in [5, 5.41) is 3.45. The lowest BCUT2D eigenvalue weighted by atomic mass is 9.75. The van der Waals surface area contributed by atoms with Gasteiger partial charge in [0.2, 0.25) is 0 Å². The van der Waals surface area contributed by atoms with Crippen molar-refractivity contribution in [1.29, 1.82) is 0 Å². The first-order valence-corrected chi connectivity index (χ1v) is 6.13. The zero-order valence-corrected chi connectivity index (χ0v) is 9.35. The molecule has 14 heavy (non-hydrogen) atoms. The van der Waals surface area contributed by atoms with E-state index in [1.807, 2.05) is 0 Å². The second kappa shape index (κ2) is 4.63. The molecule has 2 nitrogen and oxygen atoms in total. The average Bonchev–Trinajstić information content (AvgIpc) is 3.00. The summed E-state index contributed by atoms with van der Waals surface area (Å²) in [5.41, 5.74) is 0.530. The van der Waals surface area contributed by atoms with Crippen molar-refractivity contribution in [1.82, 2.24) is 5.32 Å². The first-order chi connectivity index (χ1) is 6.85. The number of rotatable bonds is 5. The second-order valence-corrected chi connectivity index (χ2v) is 5.03. The number of hydrogen-bond acceptors (Lipinski definition) is 2. The molecule has 1 N–H and O–H groups in total. The van der Waals surface area contributed by atoms with Crippen LogP contribution < -0.4 is 5.32 Å². The molecule has 0 amide bonds. The van der Waals surface area contributed by atoms with Crippen LogP contribution in [0.15, 0.2) is 0 Å². The summed E-state index contributed by atoms with van der Waals surface area (Å²) in [6.45, 7) is 6.37. The van der Waals surface area contributed by atoms with Gasteiger partial charge in [-0.3, -0.25) is 0 Å². The standard InChI is InChI=1S/C12H23NO.H2/c1-2-14-10-12(9-11-3-4-11)5-7-13-8-6-12;/h11,13H,2-10H2,1H3;1H. The minimum absolute atomic E-state index is 0. The summed E-state index contributed by atoms with van der Waals surface area (Å²) in [5.74, 6) is 1.04. The van der Waals surface area contributed by atoms with Gasteiger partial charge in [-0.15, -0.1) is 0 Å². The lowest BCUT2D eigenvalue weighted by molar-refractivity contribution is 0.0207. The maximum atomic E-state index is 5.68. The first kappa shape index (κ1) is 10.4. The predicted molar refractivity (Wildman–Crippen MR) is 60.5 cm³/mol. The lowest BCUT2D eigenvalue weighted by Crippen LogP contribution is -2.40. The summed E-state index contributed by atoms with van der Waals surface area (Å²) < 4.78 is 5.68. The van der Waals surface area contributed by atoms with Crippen LogP contribution in [0.25, 0.3) is 0 Å². The van der Waals surface area contributed by atoms with E-state index < -0.39 is 0 Å². The third-order valence-corrected chi connectivity index (χ3v) is 3.70. The van der Waals surface area contributed by atoms with E-state index in [4.69, 9.17) is 4.74 Å². The van der Waals surface area contributed by atoms with Crippen LogP contribution in [0, 0.1) is 11.3 Å². The molecule has 0 aromatic carbocycles. The largest absolute Gasteiger partial charge is 0.381 e. The smallest absolute Gasteiger partial charge is 0.0523 e. The molecule has 2 rings (SSSR count). The van der Waals surface area contributed by atoms with E-state index in [9.17, 15) is 0 Å². The van der Waals surface area contributed by atoms with Crippen molar-refractivity contribution in [3.05, 3.63) is 0 Å². The van der Waals surface area contributed by atoms with Crippen LogP contribution in [0.3, 0.4) is 0 Å². The minimum Gasteiger partial charge on any atom is -0.381 e. The summed E-state index contributed by atoms with van der Waals surface area (Å²) in [6.07, 6.45) is 7.02. The van der Waals surface area contributed by atoms with Gasteiger partial charge in [-0.25, -0.2) is 0 Å². The Bertz CT molecular complexity index is 176. The Morgan fingerprint density at radius 2 is 2.07 bits per heavy atom. The van der Waals surface area contributed by atoms with Crippen molar-refractivity contribution in [3.8, 4) is 0 Å². The highest BCUT2D eigenvalue weighted by molar-refractivity contribution is 4.90. The monoisotopic (exact) mass is 199 g/mol. The fourth-order valence-corrected chi connectivity index (χ4v) is 2.62. The molecule has 2 aliphatic rings. The second-order valence-electron chi connectivity index (χ2n) is 5.03. The Balaban J connectivity index is 0.00000112. The van der Waals surface area contributed by atoms with E-state index in [1.165, 1.54) is 45.2 Å². The zero-order chi connectivity index (χ0) is 9.86. The van der Waals surface area contributed by atoms with Gasteiger partial charge in [-0.1, -0.05) is 12.8 Å².